The van der Waals surface area contributed by atoms with Crippen LogP contribution in [0, 0.1) is 20.2 Å². The van der Waals surface area contributed by atoms with Gasteiger partial charge in [-0.15, -0.1) is 0 Å². The molecule has 0 aliphatic carbocycles. The summed E-state index contributed by atoms with van der Waals surface area (Å²) in [6.07, 6.45) is 2.85. The number of amides is 8. The molecule has 5 heterocycles. The van der Waals surface area contributed by atoms with Gasteiger partial charge in [0, 0.05) is 49.9 Å². The second kappa shape index (κ2) is 17.3. The first-order chi connectivity index (χ1) is 27.9. The van der Waals surface area contributed by atoms with Crippen molar-refractivity contribution in [2.75, 3.05) is 73.6 Å². The van der Waals surface area contributed by atoms with Crippen LogP contribution in [0.4, 0.5) is 53.3 Å². The van der Waals surface area contributed by atoms with E-state index >= 15 is 0 Å². The molecule has 0 spiro atoms. The highest BCUT2D eigenvalue weighted by Gasteiger charge is 2.34. The number of guanidine groups is 2. The molecule has 8 amide bonds. The summed E-state index contributed by atoms with van der Waals surface area (Å²) in [5.74, 6) is 1.48. The Morgan fingerprint density at radius 2 is 0.707 bits per heavy atom. The molecule has 12 N–H and O–H groups in total. The lowest BCUT2D eigenvalue weighted by Gasteiger charge is -2.31. The van der Waals surface area contributed by atoms with E-state index in [2.05, 4.69) is 73.0 Å². The molecule has 58 heavy (non-hydrogen) atoms. The fourth-order valence-corrected chi connectivity index (χ4v) is 7.33. The third-order valence-corrected chi connectivity index (χ3v) is 10.3. The Balaban J connectivity index is 1.05. The van der Waals surface area contributed by atoms with Crippen LogP contribution in [0.25, 0.3) is 0 Å². The molecule has 24 nitrogen and oxygen atoms in total. The summed E-state index contributed by atoms with van der Waals surface area (Å²) in [6.45, 7) is 3.73. The van der Waals surface area contributed by atoms with Crippen LogP contribution in [0.5, 0.6) is 0 Å². The predicted molar refractivity (Wildman–Crippen MR) is 210 cm³/mol. The van der Waals surface area contributed by atoms with Gasteiger partial charge < -0.3 is 42.5 Å². The van der Waals surface area contributed by atoms with Crippen molar-refractivity contribution >= 4 is 70.2 Å². The molecule has 0 unspecified atom stereocenters. The molecule has 0 saturated carbocycles. The number of nitro benzene ring substituents is 2. The number of hydrogen-bond acceptors (Lipinski definition) is 12. The van der Waals surface area contributed by atoms with Gasteiger partial charge in [0.25, 0.3) is 11.4 Å². The quantitative estimate of drug-likeness (QED) is 0.108. The van der Waals surface area contributed by atoms with Crippen molar-refractivity contribution in [3.05, 3.63) is 56.6 Å². The Hall–Kier alpha value is -7.14. The van der Waals surface area contributed by atoms with Crippen molar-refractivity contribution in [3.8, 4) is 0 Å². The summed E-state index contributed by atoms with van der Waals surface area (Å²) >= 11 is 0. The maximum atomic E-state index is 12.9. The molecular weight excluding hydrogens is 760 g/mol. The van der Waals surface area contributed by atoms with E-state index in [-0.39, 0.29) is 84.5 Å². The van der Waals surface area contributed by atoms with E-state index < -0.39 is 34.0 Å². The minimum Gasteiger partial charge on any atom is -0.334 e. The zero-order valence-electron chi connectivity index (χ0n) is 31.3. The van der Waals surface area contributed by atoms with Gasteiger partial charge in [0.05, 0.1) is 109 Å². The number of rotatable bonds is 2. The van der Waals surface area contributed by atoms with Gasteiger partial charge in [-0.3, -0.25) is 50.6 Å². The van der Waals surface area contributed by atoms with Crippen LogP contribution in [-0.4, -0.2) is 132 Å². The molecular formula is C34H46N16O8+2. The van der Waals surface area contributed by atoms with Gasteiger partial charge in [-0.2, -0.15) is 0 Å². The van der Waals surface area contributed by atoms with Crippen molar-refractivity contribution in [2.45, 2.75) is 49.9 Å². The highest BCUT2D eigenvalue weighted by molar-refractivity contribution is 5.95. The molecule has 4 atom stereocenters. The number of fused-ring (bicyclic) bond motifs is 8. The largest absolute Gasteiger partial charge is 0.346 e. The average Bonchev–Trinajstić information content (AvgIpc) is 3.19. The smallest absolute Gasteiger partial charge is 0.334 e. The van der Waals surface area contributed by atoms with Crippen LogP contribution in [0.2, 0.25) is 0 Å². The van der Waals surface area contributed by atoms with E-state index in [4.69, 9.17) is 0 Å². The highest BCUT2D eigenvalue weighted by atomic mass is 16.6. The summed E-state index contributed by atoms with van der Waals surface area (Å²) in [5, 5.41) is 58.6. The van der Waals surface area contributed by atoms with Crippen LogP contribution < -0.4 is 63.8 Å². The molecule has 308 valence electrons. The van der Waals surface area contributed by atoms with Crippen molar-refractivity contribution in [2.24, 2.45) is 0 Å². The summed E-state index contributed by atoms with van der Waals surface area (Å²) in [6, 6.07) is 4.63. The van der Waals surface area contributed by atoms with Gasteiger partial charge in [-0.1, -0.05) is 0 Å². The number of nitrogens with zero attached hydrogens (tertiary/aromatic N) is 4. The zero-order valence-corrected chi connectivity index (χ0v) is 31.3. The number of hydrogen-bond donors (Lipinski definition) is 12. The first kappa shape index (κ1) is 39.1. The molecule has 0 fully saturated rings. The van der Waals surface area contributed by atoms with E-state index in [1.807, 2.05) is 0 Å². The Labute approximate surface area is 330 Å². The number of carbonyl (C=O) groups is 4. The molecule has 7 rings (SSSR count). The van der Waals surface area contributed by atoms with Gasteiger partial charge in [-0.25, -0.2) is 19.2 Å². The second-order valence-corrected chi connectivity index (χ2v) is 14.6. The number of carbonyl (C=O) groups excluding carboxylic acids is 4. The van der Waals surface area contributed by atoms with Crippen LogP contribution >= 0.6 is 0 Å². The monoisotopic (exact) mass is 806 g/mol. The number of anilines is 4. The fourth-order valence-electron chi connectivity index (χ4n) is 7.33. The first-order valence-electron chi connectivity index (χ1n) is 19.0. The van der Waals surface area contributed by atoms with Crippen LogP contribution in [0.1, 0.15) is 25.7 Å². The third-order valence-electron chi connectivity index (χ3n) is 10.3. The SMILES string of the molecule is O=C1NC[C@@H]2CC[N+]3=C(N2)N[C@@H](CC3)CNC(=O)Nc2cc(cc([N+](=O)[O-])c2)NC(=O)NC[C@@H]2CC[N+]3=C(N[C@@H](CC3)CNC(=O)Nc3cc(cc([N+](=O)[O-])c3)N1)N2. The van der Waals surface area contributed by atoms with Crippen molar-refractivity contribution in [1.29, 1.82) is 0 Å². The molecule has 10 bridgehead atoms. The minimum absolute atomic E-state index is 0.111. The van der Waals surface area contributed by atoms with E-state index in [0.29, 0.717) is 51.9 Å². The minimum atomic E-state index is -0.616. The van der Waals surface area contributed by atoms with Crippen molar-refractivity contribution in [1.82, 2.24) is 42.5 Å². The molecule has 0 radical (unpaired) electrons. The number of nitro groups is 2. The van der Waals surface area contributed by atoms with Crippen LogP contribution in [-0.2, 0) is 0 Å². The molecule has 5 aliphatic heterocycles. The lowest BCUT2D eigenvalue weighted by atomic mass is 10.1. The summed E-state index contributed by atoms with van der Waals surface area (Å²) < 4.78 is 4.25. The van der Waals surface area contributed by atoms with E-state index in [9.17, 15) is 39.4 Å². The molecule has 24 heteroatoms. The molecule has 2 aromatic rings. The lowest BCUT2D eigenvalue weighted by molar-refractivity contribution is -0.542. The molecule has 2 aromatic carbocycles. The molecule has 5 aliphatic rings. The highest BCUT2D eigenvalue weighted by Crippen LogP contribution is 2.26. The number of non-ortho nitro benzene ring substituents is 2. The number of urea groups is 4. The topological polar surface area (TPSA) is 305 Å². The zero-order chi connectivity index (χ0) is 40.8. The Kier molecular flexibility index (Phi) is 11.7. The standard InChI is InChI=1S/C34H44N16O8/c51-31-35-15-19-1-5-47-6-2-20(40-29(47)39-19)16-36-32(52)45-25-10-26(14-28(13-25)50(57)58)46-34(54)38-18-22-4-8-48-7-3-21(41-30(48)42-22)17-37-33(53)44-24-9-23(43-31)11-27(12-24)49(55)56/h9-14,19-22H,1-8,15-18H2,(H10,35,36,37,38,39,40,41,42,43,44,45,46,51,52,53,54)/p+2/t19-,20-,21-,22-/m0/s1. The van der Waals surface area contributed by atoms with Gasteiger partial charge in [-0.05, 0) is 12.1 Å². The number of nitrogens with one attached hydrogen (secondary N) is 12. The van der Waals surface area contributed by atoms with Crippen LogP contribution in [0.15, 0.2) is 36.4 Å². The third kappa shape index (κ3) is 10.2. The van der Waals surface area contributed by atoms with Crippen molar-refractivity contribution < 1.29 is 38.2 Å². The number of benzene rings is 2. The maximum Gasteiger partial charge on any atom is 0.346 e. The Morgan fingerprint density at radius 1 is 0.448 bits per heavy atom. The molecule has 0 aromatic heterocycles. The van der Waals surface area contributed by atoms with E-state index in [1.165, 1.54) is 36.4 Å². The molecule has 0 saturated heterocycles. The fraction of sp³-hybridized carbons (Fsp3) is 0.471. The maximum absolute atomic E-state index is 12.9. The summed E-state index contributed by atoms with van der Waals surface area (Å²) in [4.78, 5) is 74.0. The summed E-state index contributed by atoms with van der Waals surface area (Å²) in [7, 11) is 0. The summed E-state index contributed by atoms with van der Waals surface area (Å²) in [5.41, 5.74) is -0.207. The Bertz CT molecular complexity index is 1800. The van der Waals surface area contributed by atoms with Gasteiger partial charge in [0.15, 0.2) is 0 Å². The first-order valence-corrected chi connectivity index (χ1v) is 19.0. The average molecular weight is 807 g/mol. The second-order valence-electron chi connectivity index (χ2n) is 14.6. The van der Waals surface area contributed by atoms with Crippen LogP contribution in [0.3, 0.4) is 0 Å². The van der Waals surface area contributed by atoms with E-state index in [0.717, 1.165) is 11.9 Å². The predicted octanol–water partition coefficient (Wildman–Crippen LogP) is -0.113. The van der Waals surface area contributed by atoms with Gasteiger partial charge in [0.2, 0.25) is 0 Å². The van der Waals surface area contributed by atoms with Crippen molar-refractivity contribution in [3.63, 3.8) is 0 Å². The normalized spacial score (nSPS) is 24.3. The van der Waals surface area contributed by atoms with Gasteiger partial charge >= 0.3 is 36.0 Å². The Morgan fingerprint density at radius 3 is 0.948 bits per heavy atom. The van der Waals surface area contributed by atoms with Gasteiger partial charge in [0.1, 0.15) is 0 Å². The van der Waals surface area contributed by atoms with E-state index in [1.54, 1.807) is 0 Å². The lowest BCUT2D eigenvalue weighted by Crippen LogP contribution is -2.62.